The normalized spacial score (nSPS) is 37.8. The Morgan fingerprint density at radius 1 is 1.13 bits per heavy atom. The predicted octanol–water partition coefficient (Wildman–Crippen LogP) is 2.43. The SMILES string of the molecule is COC1CCCCCC1NC1CCSC1. The van der Waals surface area contributed by atoms with E-state index in [9.17, 15) is 0 Å². The molecule has 15 heavy (non-hydrogen) atoms. The number of nitrogens with one attached hydrogen (secondary N) is 1. The van der Waals surface area contributed by atoms with Gasteiger partial charge in [-0.15, -0.1) is 0 Å². The topological polar surface area (TPSA) is 21.3 Å². The van der Waals surface area contributed by atoms with E-state index in [2.05, 4.69) is 17.1 Å². The Morgan fingerprint density at radius 2 is 2.00 bits per heavy atom. The van der Waals surface area contributed by atoms with Gasteiger partial charge >= 0.3 is 0 Å². The molecule has 0 aromatic carbocycles. The Morgan fingerprint density at radius 3 is 2.73 bits per heavy atom. The van der Waals surface area contributed by atoms with E-state index in [4.69, 9.17) is 4.74 Å². The molecule has 3 unspecified atom stereocenters. The first-order valence-electron chi connectivity index (χ1n) is 6.26. The third-order valence-electron chi connectivity index (χ3n) is 3.63. The molecule has 2 rings (SSSR count). The number of hydrogen-bond donors (Lipinski definition) is 1. The second-order valence-corrected chi connectivity index (χ2v) is 5.90. The van der Waals surface area contributed by atoms with Crippen LogP contribution < -0.4 is 5.32 Å². The lowest BCUT2D eigenvalue weighted by atomic mass is 10.0. The number of thioether (sulfide) groups is 1. The highest BCUT2D eigenvalue weighted by Crippen LogP contribution is 2.23. The fourth-order valence-electron chi connectivity index (χ4n) is 2.72. The molecule has 3 atom stereocenters. The highest BCUT2D eigenvalue weighted by Gasteiger charge is 2.26. The van der Waals surface area contributed by atoms with Gasteiger partial charge in [-0.05, 0) is 25.0 Å². The standard InChI is InChI=1S/C12H23NOS/c1-14-12-6-4-2-3-5-11(12)13-10-7-8-15-9-10/h10-13H,2-9H2,1H3. The summed E-state index contributed by atoms with van der Waals surface area (Å²) in [6, 6.07) is 1.36. The third kappa shape index (κ3) is 3.36. The Labute approximate surface area is 97.5 Å². The second-order valence-electron chi connectivity index (χ2n) is 4.75. The Kier molecular flexibility index (Phi) is 4.79. The fraction of sp³-hybridized carbons (Fsp3) is 1.00. The molecule has 0 aromatic heterocycles. The zero-order chi connectivity index (χ0) is 10.5. The van der Waals surface area contributed by atoms with Crippen molar-refractivity contribution in [2.45, 2.75) is 56.7 Å². The first-order chi connectivity index (χ1) is 7.40. The molecular weight excluding hydrogens is 206 g/mol. The minimum absolute atomic E-state index is 0.457. The van der Waals surface area contributed by atoms with Gasteiger partial charge in [-0.25, -0.2) is 0 Å². The van der Waals surface area contributed by atoms with Crippen molar-refractivity contribution in [3.05, 3.63) is 0 Å². The Hall–Kier alpha value is 0.270. The number of rotatable bonds is 3. The number of methoxy groups -OCH3 is 1. The first kappa shape index (κ1) is 11.7. The van der Waals surface area contributed by atoms with Crippen molar-refractivity contribution in [3.8, 4) is 0 Å². The summed E-state index contributed by atoms with van der Waals surface area (Å²) in [5, 5.41) is 3.81. The van der Waals surface area contributed by atoms with Gasteiger partial charge in [-0.1, -0.05) is 19.3 Å². The smallest absolute Gasteiger partial charge is 0.0724 e. The van der Waals surface area contributed by atoms with Crippen LogP contribution in [0.5, 0.6) is 0 Å². The van der Waals surface area contributed by atoms with Crippen molar-refractivity contribution in [2.24, 2.45) is 0 Å². The van der Waals surface area contributed by atoms with Crippen LogP contribution in [0.2, 0.25) is 0 Å². The maximum Gasteiger partial charge on any atom is 0.0724 e. The maximum absolute atomic E-state index is 5.62. The minimum Gasteiger partial charge on any atom is -0.380 e. The van der Waals surface area contributed by atoms with Gasteiger partial charge in [0, 0.05) is 24.9 Å². The largest absolute Gasteiger partial charge is 0.380 e. The van der Waals surface area contributed by atoms with E-state index in [0.29, 0.717) is 12.1 Å². The summed E-state index contributed by atoms with van der Waals surface area (Å²) in [7, 11) is 1.87. The molecule has 1 aliphatic heterocycles. The average molecular weight is 229 g/mol. The summed E-state index contributed by atoms with van der Waals surface area (Å²) < 4.78 is 5.62. The lowest BCUT2D eigenvalue weighted by Gasteiger charge is -2.27. The maximum atomic E-state index is 5.62. The van der Waals surface area contributed by atoms with Crippen LogP contribution in [0.25, 0.3) is 0 Å². The van der Waals surface area contributed by atoms with E-state index in [1.165, 1.54) is 50.0 Å². The lowest BCUT2D eigenvalue weighted by Crippen LogP contribution is -2.45. The Balaban J connectivity index is 1.85. The Bertz CT molecular complexity index is 182. The van der Waals surface area contributed by atoms with Crippen LogP contribution in [0.3, 0.4) is 0 Å². The van der Waals surface area contributed by atoms with Crippen LogP contribution in [0.15, 0.2) is 0 Å². The summed E-state index contributed by atoms with van der Waals surface area (Å²) in [5.41, 5.74) is 0. The van der Waals surface area contributed by atoms with Crippen molar-refractivity contribution in [1.29, 1.82) is 0 Å². The molecule has 2 aliphatic rings. The summed E-state index contributed by atoms with van der Waals surface area (Å²) >= 11 is 2.08. The molecule has 2 fully saturated rings. The molecule has 88 valence electrons. The molecule has 1 N–H and O–H groups in total. The van der Waals surface area contributed by atoms with Gasteiger partial charge in [0.2, 0.25) is 0 Å². The van der Waals surface area contributed by atoms with Crippen LogP contribution in [0.4, 0.5) is 0 Å². The predicted molar refractivity (Wildman–Crippen MR) is 66.5 cm³/mol. The molecular formula is C12H23NOS. The minimum atomic E-state index is 0.457. The van der Waals surface area contributed by atoms with Gasteiger partial charge in [-0.2, -0.15) is 11.8 Å². The van der Waals surface area contributed by atoms with Crippen LogP contribution in [-0.2, 0) is 4.74 Å². The quantitative estimate of drug-likeness (QED) is 0.751. The molecule has 1 saturated heterocycles. The van der Waals surface area contributed by atoms with E-state index in [1.54, 1.807) is 0 Å². The molecule has 2 nitrogen and oxygen atoms in total. The highest BCUT2D eigenvalue weighted by molar-refractivity contribution is 7.99. The molecule has 3 heteroatoms. The third-order valence-corrected chi connectivity index (χ3v) is 4.80. The van der Waals surface area contributed by atoms with Crippen LogP contribution >= 0.6 is 11.8 Å². The molecule has 0 bridgehead atoms. The van der Waals surface area contributed by atoms with E-state index in [0.717, 1.165) is 6.04 Å². The molecule has 1 aliphatic carbocycles. The second kappa shape index (κ2) is 6.12. The van der Waals surface area contributed by atoms with Gasteiger partial charge in [0.1, 0.15) is 0 Å². The van der Waals surface area contributed by atoms with Crippen molar-refractivity contribution in [3.63, 3.8) is 0 Å². The first-order valence-corrected chi connectivity index (χ1v) is 7.42. The zero-order valence-electron chi connectivity index (χ0n) is 9.71. The van der Waals surface area contributed by atoms with Gasteiger partial charge in [0.15, 0.2) is 0 Å². The molecule has 0 aromatic rings. The van der Waals surface area contributed by atoms with Crippen LogP contribution in [0, 0.1) is 0 Å². The van der Waals surface area contributed by atoms with Gasteiger partial charge < -0.3 is 10.1 Å². The van der Waals surface area contributed by atoms with E-state index in [1.807, 2.05) is 7.11 Å². The highest BCUT2D eigenvalue weighted by atomic mass is 32.2. The summed E-state index contributed by atoms with van der Waals surface area (Å²) in [6.45, 7) is 0. The van der Waals surface area contributed by atoms with Crippen molar-refractivity contribution >= 4 is 11.8 Å². The van der Waals surface area contributed by atoms with Crippen molar-refractivity contribution in [2.75, 3.05) is 18.6 Å². The lowest BCUT2D eigenvalue weighted by molar-refractivity contribution is 0.0600. The van der Waals surface area contributed by atoms with Gasteiger partial charge in [-0.3, -0.25) is 0 Å². The monoisotopic (exact) mass is 229 g/mol. The number of ether oxygens (including phenoxy) is 1. The van der Waals surface area contributed by atoms with E-state index >= 15 is 0 Å². The van der Waals surface area contributed by atoms with E-state index in [-0.39, 0.29) is 0 Å². The fourth-order valence-corrected chi connectivity index (χ4v) is 3.88. The van der Waals surface area contributed by atoms with Crippen molar-refractivity contribution < 1.29 is 4.74 Å². The summed E-state index contributed by atoms with van der Waals surface area (Å²) in [4.78, 5) is 0. The summed E-state index contributed by atoms with van der Waals surface area (Å²) in [6.07, 6.45) is 8.45. The van der Waals surface area contributed by atoms with Gasteiger partial charge in [0.25, 0.3) is 0 Å². The van der Waals surface area contributed by atoms with Gasteiger partial charge in [0.05, 0.1) is 6.10 Å². The van der Waals surface area contributed by atoms with Crippen molar-refractivity contribution in [1.82, 2.24) is 5.32 Å². The molecule has 0 spiro atoms. The molecule has 1 heterocycles. The number of hydrogen-bond acceptors (Lipinski definition) is 3. The molecule has 0 radical (unpaired) electrons. The molecule has 1 saturated carbocycles. The average Bonchev–Trinajstić information content (AvgIpc) is 2.64. The van der Waals surface area contributed by atoms with Crippen LogP contribution in [0.1, 0.15) is 38.5 Å². The molecule has 0 amide bonds. The van der Waals surface area contributed by atoms with Crippen LogP contribution in [-0.4, -0.2) is 36.8 Å². The zero-order valence-corrected chi connectivity index (χ0v) is 10.5. The van der Waals surface area contributed by atoms with E-state index < -0.39 is 0 Å². The summed E-state index contributed by atoms with van der Waals surface area (Å²) in [5.74, 6) is 2.63.